The van der Waals surface area contributed by atoms with Gasteiger partial charge in [-0.05, 0) is 29.1 Å². The average Bonchev–Trinajstić information content (AvgIpc) is 3.22. The van der Waals surface area contributed by atoms with E-state index in [1.165, 1.54) is 10.9 Å². The summed E-state index contributed by atoms with van der Waals surface area (Å²) in [5, 5.41) is 1.23. The number of benzene rings is 1. The van der Waals surface area contributed by atoms with Crippen LogP contribution < -0.4 is 4.74 Å². The second kappa shape index (κ2) is 8.27. The number of hydrogen-bond acceptors (Lipinski definition) is 4. The third-order valence-electron chi connectivity index (χ3n) is 5.10. The number of hydrogen-bond donors (Lipinski definition) is 1. The summed E-state index contributed by atoms with van der Waals surface area (Å²) in [6.07, 6.45) is 7.88. The Morgan fingerprint density at radius 1 is 1.18 bits per heavy atom. The number of H-pyrrole nitrogens is 1. The van der Waals surface area contributed by atoms with E-state index in [9.17, 15) is 4.79 Å². The lowest BCUT2D eigenvalue weighted by atomic mass is 10.1. The number of carbonyl (C=O) groups is 1. The molecule has 1 fully saturated rings. The Bertz CT molecular complexity index is 970. The standard InChI is InChI=1S/C22H24N4O2/c1-28-21-7-6-19(16-24-21)22(27)26-13-11-25(12-14-26)10-2-3-17-4-5-18-8-9-23-20(18)15-17/h2-9,15-16,23H,10-14H2,1H3/b3-2+. The van der Waals surface area contributed by atoms with Crippen LogP contribution in [0.2, 0.25) is 0 Å². The first-order valence-electron chi connectivity index (χ1n) is 9.48. The van der Waals surface area contributed by atoms with Crippen molar-refractivity contribution in [2.75, 3.05) is 39.8 Å². The van der Waals surface area contributed by atoms with Crippen LogP contribution >= 0.6 is 0 Å². The van der Waals surface area contributed by atoms with Crippen LogP contribution in [0, 0.1) is 0 Å². The Hall–Kier alpha value is -3.12. The molecule has 28 heavy (non-hydrogen) atoms. The van der Waals surface area contributed by atoms with E-state index in [4.69, 9.17) is 4.74 Å². The number of ether oxygens (including phenoxy) is 1. The van der Waals surface area contributed by atoms with Gasteiger partial charge in [0, 0.05) is 56.7 Å². The van der Waals surface area contributed by atoms with Gasteiger partial charge in [-0.3, -0.25) is 9.69 Å². The van der Waals surface area contributed by atoms with Crippen molar-refractivity contribution >= 4 is 22.9 Å². The van der Waals surface area contributed by atoms with Crippen molar-refractivity contribution in [3.63, 3.8) is 0 Å². The highest BCUT2D eigenvalue weighted by Crippen LogP contribution is 2.15. The number of rotatable bonds is 5. The Balaban J connectivity index is 1.28. The first-order valence-corrected chi connectivity index (χ1v) is 9.48. The lowest BCUT2D eigenvalue weighted by Gasteiger charge is -2.34. The van der Waals surface area contributed by atoms with Crippen LogP contribution in [0.25, 0.3) is 17.0 Å². The molecule has 1 N–H and O–H groups in total. The molecule has 0 atom stereocenters. The van der Waals surface area contributed by atoms with Crippen molar-refractivity contribution in [3.8, 4) is 5.88 Å². The third kappa shape index (κ3) is 4.07. The molecule has 6 heteroatoms. The van der Waals surface area contributed by atoms with E-state index in [0.717, 1.165) is 38.2 Å². The molecule has 0 radical (unpaired) electrons. The molecule has 1 amide bonds. The molecular formula is C22H24N4O2. The number of piperazine rings is 1. The summed E-state index contributed by atoms with van der Waals surface area (Å²) in [6, 6.07) is 12.0. The Kier molecular flexibility index (Phi) is 5.39. The highest BCUT2D eigenvalue weighted by molar-refractivity contribution is 5.94. The molecule has 0 unspecified atom stereocenters. The molecule has 0 spiro atoms. The quantitative estimate of drug-likeness (QED) is 0.744. The molecule has 4 rings (SSSR count). The van der Waals surface area contributed by atoms with Crippen LogP contribution in [0.5, 0.6) is 5.88 Å². The van der Waals surface area contributed by atoms with Crippen molar-refractivity contribution in [2.45, 2.75) is 0 Å². The lowest BCUT2D eigenvalue weighted by molar-refractivity contribution is 0.0650. The van der Waals surface area contributed by atoms with E-state index in [0.29, 0.717) is 11.4 Å². The molecule has 1 aromatic carbocycles. The predicted molar refractivity (Wildman–Crippen MR) is 110 cm³/mol. The molecule has 0 aliphatic carbocycles. The summed E-state index contributed by atoms with van der Waals surface area (Å²) in [5.41, 5.74) is 2.95. The molecule has 0 saturated carbocycles. The van der Waals surface area contributed by atoms with E-state index in [1.54, 1.807) is 25.4 Å². The number of pyridine rings is 1. The van der Waals surface area contributed by atoms with Crippen molar-refractivity contribution in [2.24, 2.45) is 0 Å². The summed E-state index contributed by atoms with van der Waals surface area (Å²) < 4.78 is 5.04. The number of aromatic nitrogens is 2. The highest BCUT2D eigenvalue weighted by Gasteiger charge is 2.21. The minimum Gasteiger partial charge on any atom is -0.481 e. The van der Waals surface area contributed by atoms with Gasteiger partial charge in [0.1, 0.15) is 0 Å². The van der Waals surface area contributed by atoms with Gasteiger partial charge in [0.05, 0.1) is 12.7 Å². The third-order valence-corrected chi connectivity index (χ3v) is 5.10. The first kappa shape index (κ1) is 18.3. The molecular weight excluding hydrogens is 352 g/mol. The number of methoxy groups -OCH3 is 1. The number of carbonyl (C=O) groups excluding carboxylic acids is 1. The Morgan fingerprint density at radius 2 is 2.04 bits per heavy atom. The maximum atomic E-state index is 12.6. The van der Waals surface area contributed by atoms with E-state index in [1.807, 2.05) is 11.1 Å². The minimum atomic E-state index is 0.0320. The zero-order chi connectivity index (χ0) is 19.3. The fourth-order valence-electron chi connectivity index (χ4n) is 3.45. The number of fused-ring (bicyclic) bond motifs is 1. The van der Waals surface area contributed by atoms with Crippen molar-refractivity contribution < 1.29 is 9.53 Å². The van der Waals surface area contributed by atoms with E-state index < -0.39 is 0 Å². The van der Waals surface area contributed by atoms with Gasteiger partial charge in [-0.2, -0.15) is 0 Å². The molecule has 2 aromatic heterocycles. The second-order valence-corrected chi connectivity index (χ2v) is 6.91. The second-order valence-electron chi connectivity index (χ2n) is 6.91. The van der Waals surface area contributed by atoms with E-state index in [-0.39, 0.29) is 5.91 Å². The van der Waals surface area contributed by atoms with Gasteiger partial charge in [-0.25, -0.2) is 4.98 Å². The van der Waals surface area contributed by atoms with Gasteiger partial charge in [0.2, 0.25) is 5.88 Å². The summed E-state index contributed by atoms with van der Waals surface area (Å²) in [4.78, 5) is 24.2. The SMILES string of the molecule is COc1ccc(C(=O)N2CCN(C/C=C/c3ccc4cc[nH]c4c3)CC2)cn1. The van der Waals surface area contributed by atoms with Crippen LogP contribution in [0.4, 0.5) is 0 Å². The molecule has 1 saturated heterocycles. The van der Waals surface area contributed by atoms with Crippen LogP contribution in [0.3, 0.4) is 0 Å². The zero-order valence-corrected chi connectivity index (χ0v) is 16.0. The fourth-order valence-corrected chi connectivity index (χ4v) is 3.45. The maximum absolute atomic E-state index is 12.6. The normalized spacial score (nSPS) is 15.4. The van der Waals surface area contributed by atoms with Crippen LogP contribution in [-0.2, 0) is 0 Å². The molecule has 144 valence electrons. The van der Waals surface area contributed by atoms with Gasteiger partial charge in [0.25, 0.3) is 5.91 Å². The molecule has 1 aliphatic heterocycles. The van der Waals surface area contributed by atoms with E-state index in [2.05, 4.69) is 51.3 Å². The van der Waals surface area contributed by atoms with Crippen molar-refractivity contribution in [1.29, 1.82) is 0 Å². The summed E-state index contributed by atoms with van der Waals surface area (Å²) in [6.45, 7) is 4.08. The number of nitrogens with zero attached hydrogens (tertiary/aromatic N) is 3. The molecule has 6 nitrogen and oxygen atoms in total. The van der Waals surface area contributed by atoms with Gasteiger partial charge in [-0.15, -0.1) is 0 Å². The monoisotopic (exact) mass is 376 g/mol. The van der Waals surface area contributed by atoms with Crippen molar-refractivity contribution in [3.05, 3.63) is 66.0 Å². The topological polar surface area (TPSA) is 61.5 Å². The molecule has 1 aliphatic rings. The largest absolute Gasteiger partial charge is 0.481 e. The maximum Gasteiger partial charge on any atom is 0.255 e. The minimum absolute atomic E-state index is 0.0320. The summed E-state index contributed by atoms with van der Waals surface area (Å²) >= 11 is 0. The number of nitrogens with one attached hydrogen (secondary N) is 1. The zero-order valence-electron chi connectivity index (χ0n) is 16.0. The summed E-state index contributed by atoms with van der Waals surface area (Å²) in [7, 11) is 1.57. The van der Waals surface area contributed by atoms with Gasteiger partial charge < -0.3 is 14.6 Å². The molecule has 0 bridgehead atoms. The predicted octanol–water partition coefficient (Wildman–Crippen LogP) is 3.04. The Morgan fingerprint density at radius 3 is 2.79 bits per heavy atom. The number of amides is 1. The number of aromatic amines is 1. The van der Waals surface area contributed by atoms with Gasteiger partial charge in [-0.1, -0.05) is 24.3 Å². The van der Waals surface area contributed by atoms with Crippen LogP contribution in [0.1, 0.15) is 15.9 Å². The molecule has 3 aromatic rings. The lowest BCUT2D eigenvalue weighted by Crippen LogP contribution is -2.48. The van der Waals surface area contributed by atoms with Crippen LogP contribution in [0.15, 0.2) is 54.9 Å². The molecule has 3 heterocycles. The fraction of sp³-hybridized carbons (Fsp3) is 0.273. The van der Waals surface area contributed by atoms with Crippen molar-refractivity contribution in [1.82, 2.24) is 19.8 Å². The highest BCUT2D eigenvalue weighted by atomic mass is 16.5. The Labute approximate surface area is 164 Å². The smallest absolute Gasteiger partial charge is 0.255 e. The van der Waals surface area contributed by atoms with E-state index >= 15 is 0 Å². The van der Waals surface area contributed by atoms with Gasteiger partial charge in [0.15, 0.2) is 0 Å². The summed E-state index contributed by atoms with van der Waals surface area (Å²) in [5.74, 6) is 0.549. The average molecular weight is 376 g/mol. The van der Waals surface area contributed by atoms with Crippen LogP contribution in [-0.4, -0.2) is 65.5 Å². The first-order chi connectivity index (χ1) is 13.7. The van der Waals surface area contributed by atoms with Gasteiger partial charge >= 0.3 is 0 Å².